The smallest absolute Gasteiger partial charge is 0.261 e. The van der Waals surface area contributed by atoms with Gasteiger partial charge in [0.25, 0.3) is 5.56 Å². The first kappa shape index (κ1) is 23.4. The van der Waals surface area contributed by atoms with Gasteiger partial charge in [-0.1, -0.05) is 0 Å². The molecule has 0 fully saturated rings. The zero-order chi connectivity index (χ0) is 24.8. The highest BCUT2D eigenvalue weighted by atomic mass is 32.2. The molecular weight excluding hydrogens is 471 g/mol. The summed E-state index contributed by atoms with van der Waals surface area (Å²) in [4.78, 5) is 12.6. The second-order valence-electron chi connectivity index (χ2n) is 7.66. The van der Waals surface area contributed by atoms with Gasteiger partial charge in [-0.2, -0.15) is 5.10 Å². The SMILES string of the molecule is CCS(=O)(=O)Nc1ccc(Nc2c(F)cc(F)cc2F)c(-c2cn(C)c(=O)c3cn(C)nc23)c1. The molecule has 0 unspecified atom stereocenters. The van der Waals surface area contributed by atoms with Gasteiger partial charge in [-0.25, -0.2) is 21.6 Å². The standard InChI is InChI=1S/C22H20F3N5O3S/c1-4-34(32,33)28-13-5-6-19(26-21-17(24)7-12(23)8-18(21)25)14(9-13)15-10-29(2)22(31)16-11-30(3)27-20(15)16/h5-11,26,28H,4H2,1-3H3. The Bertz CT molecular complexity index is 1570. The highest BCUT2D eigenvalue weighted by Crippen LogP contribution is 2.37. The zero-order valence-electron chi connectivity index (χ0n) is 18.4. The Hall–Kier alpha value is -3.80. The average molecular weight is 491 g/mol. The second-order valence-corrected chi connectivity index (χ2v) is 9.67. The lowest BCUT2D eigenvalue weighted by Gasteiger charge is -2.17. The van der Waals surface area contributed by atoms with E-state index in [-0.39, 0.29) is 22.7 Å². The number of pyridine rings is 1. The Kier molecular flexibility index (Phi) is 5.86. The number of halogens is 3. The zero-order valence-corrected chi connectivity index (χ0v) is 19.2. The maximum Gasteiger partial charge on any atom is 0.261 e. The minimum atomic E-state index is -3.62. The molecule has 0 saturated carbocycles. The Labute approximate surface area is 192 Å². The van der Waals surface area contributed by atoms with Crippen molar-refractivity contribution in [1.82, 2.24) is 14.3 Å². The molecule has 8 nitrogen and oxygen atoms in total. The monoisotopic (exact) mass is 491 g/mol. The number of fused-ring (bicyclic) bond motifs is 1. The average Bonchev–Trinajstić information content (AvgIpc) is 3.15. The molecule has 2 aromatic heterocycles. The van der Waals surface area contributed by atoms with Gasteiger partial charge in [0.2, 0.25) is 10.0 Å². The maximum atomic E-state index is 14.4. The second kappa shape index (κ2) is 8.52. The van der Waals surface area contributed by atoms with E-state index < -0.39 is 33.2 Å². The van der Waals surface area contributed by atoms with Gasteiger partial charge in [0, 0.05) is 61.1 Å². The topological polar surface area (TPSA) is 98.0 Å². The van der Waals surface area contributed by atoms with Crippen LogP contribution in [0.2, 0.25) is 0 Å². The van der Waals surface area contributed by atoms with E-state index >= 15 is 0 Å². The van der Waals surface area contributed by atoms with Crippen molar-refractivity contribution in [2.75, 3.05) is 15.8 Å². The summed E-state index contributed by atoms with van der Waals surface area (Å²) in [5.74, 6) is -3.54. The third-order valence-electron chi connectivity index (χ3n) is 5.19. The molecule has 0 amide bonds. The van der Waals surface area contributed by atoms with Gasteiger partial charge in [-0.3, -0.25) is 14.2 Å². The molecule has 0 saturated heterocycles. The van der Waals surface area contributed by atoms with Gasteiger partial charge < -0.3 is 9.88 Å². The summed E-state index contributed by atoms with van der Waals surface area (Å²) < 4.78 is 71.5. The fraction of sp³-hybridized carbons (Fsp3) is 0.182. The van der Waals surface area contributed by atoms with Crippen LogP contribution in [-0.4, -0.2) is 28.5 Å². The van der Waals surface area contributed by atoms with Gasteiger partial charge in [0.05, 0.1) is 11.1 Å². The third kappa shape index (κ3) is 4.36. The molecule has 2 aromatic carbocycles. The number of hydrogen-bond acceptors (Lipinski definition) is 5. The lowest BCUT2D eigenvalue weighted by atomic mass is 10.0. The molecule has 0 atom stereocenters. The largest absolute Gasteiger partial charge is 0.350 e. The first-order chi connectivity index (χ1) is 16.0. The lowest BCUT2D eigenvalue weighted by molar-refractivity contribution is 0.549. The Morgan fingerprint density at radius 1 is 1.00 bits per heavy atom. The van der Waals surface area contributed by atoms with E-state index in [1.54, 1.807) is 7.05 Å². The number of aromatic nitrogens is 3. The first-order valence-corrected chi connectivity index (χ1v) is 11.7. The van der Waals surface area contributed by atoms with E-state index in [1.165, 1.54) is 53.8 Å². The summed E-state index contributed by atoms with van der Waals surface area (Å²) >= 11 is 0. The Balaban J connectivity index is 1.97. The third-order valence-corrected chi connectivity index (χ3v) is 6.49. The normalized spacial score (nSPS) is 11.7. The van der Waals surface area contributed by atoms with E-state index in [0.29, 0.717) is 34.2 Å². The molecule has 2 N–H and O–H groups in total. The van der Waals surface area contributed by atoms with Gasteiger partial charge >= 0.3 is 0 Å². The minimum Gasteiger partial charge on any atom is -0.350 e. The number of nitrogens with zero attached hydrogens (tertiary/aromatic N) is 3. The van der Waals surface area contributed by atoms with Gasteiger partial charge in [-0.05, 0) is 25.1 Å². The molecule has 4 aromatic rings. The van der Waals surface area contributed by atoms with Crippen molar-refractivity contribution in [3.63, 3.8) is 0 Å². The predicted molar refractivity (Wildman–Crippen MR) is 124 cm³/mol. The summed E-state index contributed by atoms with van der Waals surface area (Å²) in [7, 11) is -0.449. The number of rotatable bonds is 6. The number of sulfonamides is 1. The van der Waals surface area contributed by atoms with Crippen molar-refractivity contribution in [2.24, 2.45) is 14.1 Å². The van der Waals surface area contributed by atoms with E-state index in [0.717, 1.165) is 0 Å². The molecular formula is C22H20F3N5O3S. The van der Waals surface area contributed by atoms with Crippen LogP contribution in [0.15, 0.2) is 47.5 Å². The molecule has 0 aliphatic carbocycles. The van der Waals surface area contributed by atoms with Gasteiger partial charge in [0.1, 0.15) is 17.0 Å². The van der Waals surface area contributed by atoms with Crippen LogP contribution in [0.4, 0.5) is 30.2 Å². The molecule has 12 heteroatoms. The summed E-state index contributed by atoms with van der Waals surface area (Å²) in [6.45, 7) is 1.48. The van der Waals surface area contributed by atoms with E-state index in [9.17, 15) is 26.4 Å². The molecule has 0 bridgehead atoms. The van der Waals surface area contributed by atoms with E-state index in [1.807, 2.05) is 0 Å². The van der Waals surface area contributed by atoms with Crippen LogP contribution in [0, 0.1) is 17.5 Å². The quantitative estimate of drug-likeness (QED) is 0.427. The molecule has 4 rings (SSSR count). The number of hydrogen-bond donors (Lipinski definition) is 2. The summed E-state index contributed by atoms with van der Waals surface area (Å²) in [6.07, 6.45) is 3.03. The lowest BCUT2D eigenvalue weighted by Crippen LogP contribution is -2.16. The first-order valence-electron chi connectivity index (χ1n) is 10.1. The van der Waals surface area contributed by atoms with Crippen LogP contribution >= 0.6 is 0 Å². The van der Waals surface area contributed by atoms with E-state index in [4.69, 9.17) is 0 Å². The van der Waals surface area contributed by atoms with Crippen molar-refractivity contribution < 1.29 is 21.6 Å². The maximum absolute atomic E-state index is 14.4. The Morgan fingerprint density at radius 2 is 1.68 bits per heavy atom. The number of nitrogens with one attached hydrogen (secondary N) is 2. The minimum absolute atomic E-state index is 0.168. The molecule has 0 radical (unpaired) electrons. The van der Waals surface area contributed by atoms with Crippen molar-refractivity contribution in [3.8, 4) is 11.1 Å². The molecule has 0 aliphatic heterocycles. The molecule has 0 spiro atoms. The highest BCUT2D eigenvalue weighted by molar-refractivity contribution is 7.92. The van der Waals surface area contributed by atoms with Crippen molar-refractivity contribution in [1.29, 1.82) is 0 Å². The van der Waals surface area contributed by atoms with Crippen molar-refractivity contribution in [2.45, 2.75) is 6.92 Å². The number of benzene rings is 2. The number of aryl methyl sites for hydroxylation is 2. The van der Waals surface area contributed by atoms with Gasteiger partial charge in [-0.15, -0.1) is 0 Å². The van der Waals surface area contributed by atoms with Crippen LogP contribution in [0.25, 0.3) is 22.0 Å². The summed E-state index contributed by atoms with van der Waals surface area (Å²) in [5.41, 5.74) is 0.491. The fourth-order valence-corrected chi connectivity index (χ4v) is 4.16. The van der Waals surface area contributed by atoms with Crippen LogP contribution in [0.3, 0.4) is 0 Å². The van der Waals surface area contributed by atoms with Crippen LogP contribution in [0.1, 0.15) is 6.92 Å². The van der Waals surface area contributed by atoms with E-state index in [2.05, 4.69) is 15.1 Å². The van der Waals surface area contributed by atoms with Gasteiger partial charge in [0.15, 0.2) is 11.6 Å². The van der Waals surface area contributed by atoms with Crippen LogP contribution < -0.4 is 15.6 Å². The van der Waals surface area contributed by atoms with Crippen molar-refractivity contribution >= 4 is 38.0 Å². The molecule has 0 aliphatic rings. The summed E-state index contributed by atoms with van der Waals surface area (Å²) in [5, 5.41) is 7.27. The highest BCUT2D eigenvalue weighted by Gasteiger charge is 2.19. The van der Waals surface area contributed by atoms with Crippen LogP contribution in [0.5, 0.6) is 0 Å². The molecule has 34 heavy (non-hydrogen) atoms. The fourth-order valence-electron chi connectivity index (χ4n) is 3.53. The van der Waals surface area contributed by atoms with Crippen LogP contribution in [-0.2, 0) is 24.1 Å². The Morgan fingerprint density at radius 3 is 2.32 bits per heavy atom. The molecule has 2 heterocycles. The predicted octanol–water partition coefficient (Wildman–Crippen LogP) is 3.86. The summed E-state index contributed by atoms with van der Waals surface area (Å²) in [6, 6.07) is 5.37. The van der Waals surface area contributed by atoms with Crippen molar-refractivity contribution in [3.05, 3.63) is 70.5 Å². The molecule has 178 valence electrons. The number of anilines is 3.